The summed E-state index contributed by atoms with van der Waals surface area (Å²) in [6.07, 6.45) is 0. The van der Waals surface area contributed by atoms with E-state index in [2.05, 4.69) is 0 Å². The smallest absolute Gasteiger partial charge is 0.336 e. The lowest BCUT2D eigenvalue weighted by Crippen LogP contribution is -2.05. The van der Waals surface area contributed by atoms with Gasteiger partial charge in [-0.2, -0.15) is 0 Å². The Hall–Kier alpha value is -1.95. The number of rotatable bonds is 2. The number of amidine groups is 1. The topological polar surface area (TPSA) is 100 Å². The lowest BCUT2D eigenvalue weighted by atomic mass is 10.1. The lowest BCUT2D eigenvalue weighted by Gasteiger charge is -2.04. The molecule has 0 amide bonds. The number of benzene rings is 1. The Morgan fingerprint density at radius 2 is 2.24 bits per heavy atom. The van der Waals surface area contributed by atoms with Crippen LogP contribution in [-0.4, -0.2) is 10.3 Å². The highest BCUT2D eigenvalue weighted by atomic mass is 32.2. The third-order valence-electron chi connectivity index (χ3n) is 2.20. The van der Waals surface area contributed by atoms with E-state index in [1.165, 1.54) is 18.2 Å². The fraction of sp³-hybridized carbons (Fsp3) is 0.0909. The van der Waals surface area contributed by atoms with E-state index in [4.69, 9.17) is 15.6 Å². The van der Waals surface area contributed by atoms with Crippen LogP contribution in [0.5, 0.6) is 5.75 Å². The molecule has 17 heavy (non-hydrogen) atoms. The Kier molecular flexibility index (Phi) is 3.06. The zero-order chi connectivity index (χ0) is 12.4. The minimum absolute atomic E-state index is 0.00910. The molecule has 1 heterocycles. The van der Waals surface area contributed by atoms with Crippen LogP contribution in [0.1, 0.15) is 5.56 Å². The minimum atomic E-state index is -0.484. The third-order valence-corrected chi connectivity index (χ3v) is 2.96. The minimum Gasteiger partial charge on any atom is -0.508 e. The molecule has 6 heteroatoms. The van der Waals surface area contributed by atoms with E-state index in [1.807, 2.05) is 0 Å². The van der Waals surface area contributed by atoms with Crippen LogP contribution in [-0.2, 0) is 5.75 Å². The highest BCUT2D eigenvalue weighted by Crippen LogP contribution is 2.24. The summed E-state index contributed by atoms with van der Waals surface area (Å²) in [7, 11) is 0. The second-order valence-electron chi connectivity index (χ2n) is 3.42. The Labute approximate surface area is 101 Å². The van der Waals surface area contributed by atoms with E-state index >= 15 is 0 Å². The van der Waals surface area contributed by atoms with Crippen LogP contribution in [0, 0.1) is 5.41 Å². The van der Waals surface area contributed by atoms with Crippen molar-refractivity contribution in [1.82, 2.24) is 0 Å². The summed E-state index contributed by atoms with van der Waals surface area (Å²) in [5, 5.41) is 17.2. The molecule has 0 aliphatic carbocycles. The molecule has 0 saturated heterocycles. The van der Waals surface area contributed by atoms with Gasteiger partial charge in [0, 0.05) is 23.3 Å². The first-order valence-electron chi connectivity index (χ1n) is 4.79. The van der Waals surface area contributed by atoms with Gasteiger partial charge in [-0.05, 0) is 17.7 Å². The van der Waals surface area contributed by atoms with Crippen LogP contribution in [0.3, 0.4) is 0 Å². The quantitative estimate of drug-likeness (QED) is 0.427. The normalized spacial score (nSPS) is 10.6. The predicted octanol–water partition coefficient (Wildman–Crippen LogP) is 1.63. The maximum absolute atomic E-state index is 11.3. The maximum Gasteiger partial charge on any atom is 0.336 e. The first-order chi connectivity index (χ1) is 8.06. The van der Waals surface area contributed by atoms with E-state index in [0.29, 0.717) is 11.3 Å². The van der Waals surface area contributed by atoms with Gasteiger partial charge in [0.2, 0.25) is 0 Å². The molecule has 0 aliphatic rings. The highest BCUT2D eigenvalue weighted by molar-refractivity contribution is 8.13. The van der Waals surface area contributed by atoms with Gasteiger partial charge in [0.25, 0.3) is 0 Å². The second-order valence-corrected chi connectivity index (χ2v) is 4.44. The molecule has 0 atom stereocenters. The zero-order valence-corrected chi connectivity index (χ0v) is 9.58. The molecule has 2 rings (SSSR count). The van der Waals surface area contributed by atoms with Crippen molar-refractivity contribution < 1.29 is 9.52 Å². The number of hydrogen-bond donors (Lipinski definition) is 3. The standard InChI is InChI=1S/C11H10N2O3S/c12-11(13)17-5-6-3-10(15)16-9-4-7(14)1-2-8(6)9/h1-4,14H,5H2,(H3,12,13). The summed E-state index contributed by atoms with van der Waals surface area (Å²) in [5.41, 5.74) is 5.83. The van der Waals surface area contributed by atoms with Gasteiger partial charge in [-0.25, -0.2) is 4.79 Å². The van der Waals surface area contributed by atoms with Gasteiger partial charge in [0.1, 0.15) is 11.3 Å². The van der Waals surface area contributed by atoms with Crippen molar-refractivity contribution in [3.8, 4) is 5.75 Å². The molecule has 0 saturated carbocycles. The summed E-state index contributed by atoms with van der Waals surface area (Å²) in [5.74, 6) is 0.458. The SMILES string of the molecule is N=C(N)SCc1cc(=O)oc2cc(O)ccc12. The Balaban J connectivity index is 2.53. The first-order valence-corrected chi connectivity index (χ1v) is 5.77. The van der Waals surface area contributed by atoms with Crippen molar-refractivity contribution in [3.05, 3.63) is 40.2 Å². The molecule has 2 aromatic rings. The van der Waals surface area contributed by atoms with Crippen LogP contribution < -0.4 is 11.4 Å². The number of fused-ring (bicyclic) bond motifs is 1. The highest BCUT2D eigenvalue weighted by Gasteiger charge is 2.07. The Bertz CT molecular complexity index is 636. The number of aromatic hydroxyl groups is 1. The van der Waals surface area contributed by atoms with E-state index < -0.39 is 5.63 Å². The fourth-order valence-corrected chi connectivity index (χ4v) is 2.04. The van der Waals surface area contributed by atoms with Gasteiger partial charge in [0.05, 0.1) is 0 Å². The van der Waals surface area contributed by atoms with E-state index in [-0.39, 0.29) is 10.9 Å². The van der Waals surface area contributed by atoms with E-state index in [9.17, 15) is 9.90 Å². The molecular weight excluding hydrogens is 240 g/mol. The Morgan fingerprint density at radius 3 is 2.94 bits per heavy atom. The van der Waals surface area contributed by atoms with Gasteiger partial charge in [-0.15, -0.1) is 0 Å². The molecule has 88 valence electrons. The first kappa shape index (κ1) is 11.5. The molecule has 1 aromatic carbocycles. The average Bonchev–Trinajstić information content (AvgIpc) is 2.24. The molecular formula is C11H10N2O3S. The largest absolute Gasteiger partial charge is 0.508 e. The van der Waals surface area contributed by atoms with Gasteiger partial charge in [-0.3, -0.25) is 5.41 Å². The van der Waals surface area contributed by atoms with Crippen LogP contribution in [0.15, 0.2) is 33.5 Å². The van der Waals surface area contributed by atoms with Crippen LogP contribution >= 0.6 is 11.8 Å². The molecule has 0 bridgehead atoms. The summed E-state index contributed by atoms with van der Waals surface area (Å²) in [6, 6.07) is 5.95. The fourth-order valence-electron chi connectivity index (χ4n) is 1.49. The number of nitrogens with two attached hydrogens (primary N) is 1. The molecule has 4 N–H and O–H groups in total. The lowest BCUT2D eigenvalue weighted by molar-refractivity contribution is 0.473. The summed E-state index contributed by atoms with van der Waals surface area (Å²) < 4.78 is 4.98. The number of phenolic OH excluding ortho intramolecular Hbond substituents is 1. The number of hydrogen-bond acceptors (Lipinski definition) is 5. The summed E-state index contributed by atoms with van der Waals surface area (Å²) in [6.45, 7) is 0. The number of phenols is 1. The Morgan fingerprint density at radius 1 is 1.47 bits per heavy atom. The van der Waals surface area contributed by atoms with Crippen molar-refractivity contribution in [2.24, 2.45) is 5.73 Å². The summed E-state index contributed by atoms with van der Waals surface area (Å²) >= 11 is 1.13. The van der Waals surface area contributed by atoms with Gasteiger partial charge in [-0.1, -0.05) is 11.8 Å². The van der Waals surface area contributed by atoms with E-state index in [0.717, 1.165) is 22.7 Å². The molecule has 0 unspecified atom stereocenters. The van der Waals surface area contributed by atoms with Gasteiger partial charge < -0.3 is 15.3 Å². The predicted molar refractivity (Wildman–Crippen MR) is 67.4 cm³/mol. The zero-order valence-electron chi connectivity index (χ0n) is 8.77. The van der Waals surface area contributed by atoms with Crippen LogP contribution in [0.25, 0.3) is 11.0 Å². The molecule has 0 radical (unpaired) electrons. The van der Waals surface area contributed by atoms with Crippen molar-refractivity contribution in [1.29, 1.82) is 5.41 Å². The van der Waals surface area contributed by atoms with Gasteiger partial charge >= 0.3 is 5.63 Å². The third kappa shape index (κ3) is 2.59. The van der Waals surface area contributed by atoms with Crippen molar-refractivity contribution in [3.63, 3.8) is 0 Å². The molecule has 5 nitrogen and oxygen atoms in total. The molecule has 1 aromatic heterocycles. The average molecular weight is 250 g/mol. The summed E-state index contributed by atoms with van der Waals surface area (Å²) in [4.78, 5) is 11.3. The van der Waals surface area contributed by atoms with Crippen molar-refractivity contribution >= 4 is 27.9 Å². The van der Waals surface area contributed by atoms with Crippen LogP contribution in [0.2, 0.25) is 0 Å². The van der Waals surface area contributed by atoms with Crippen molar-refractivity contribution in [2.45, 2.75) is 5.75 Å². The van der Waals surface area contributed by atoms with Gasteiger partial charge in [0.15, 0.2) is 5.17 Å². The second kappa shape index (κ2) is 4.50. The van der Waals surface area contributed by atoms with E-state index in [1.54, 1.807) is 6.07 Å². The maximum atomic E-state index is 11.3. The monoisotopic (exact) mass is 250 g/mol. The molecule has 0 spiro atoms. The molecule has 0 fully saturated rings. The number of nitrogens with one attached hydrogen (secondary N) is 1. The van der Waals surface area contributed by atoms with Crippen LogP contribution in [0.4, 0.5) is 0 Å². The van der Waals surface area contributed by atoms with Crippen molar-refractivity contribution in [2.75, 3.05) is 0 Å². The molecule has 0 aliphatic heterocycles. The number of thioether (sulfide) groups is 1.